The molecule has 16 heavy (non-hydrogen) atoms. The number of nitrogens with zero attached hydrogens (tertiary/aromatic N) is 2. The Balaban J connectivity index is 2.89. The minimum atomic E-state index is -0.412. The number of nitro groups is 1. The van der Waals surface area contributed by atoms with Crippen LogP contribution in [0.15, 0.2) is 24.3 Å². The first-order valence-electron chi connectivity index (χ1n) is 4.95. The van der Waals surface area contributed by atoms with E-state index in [2.05, 4.69) is 0 Å². The zero-order valence-electron chi connectivity index (χ0n) is 9.51. The van der Waals surface area contributed by atoms with E-state index in [0.717, 1.165) is 10.7 Å². The predicted octanol–water partition coefficient (Wildman–Crippen LogP) is 3.01. The number of hydrogen-bond donors (Lipinski definition) is 0. The molecule has 0 aliphatic rings. The highest BCUT2D eigenvalue weighted by Crippen LogP contribution is 2.20. The van der Waals surface area contributed by atoms with Crippen LogP contribution in [0.3, 0.4) is 0 Å². The molecular weight excluding hydrogens is 224 g/mol. The molecule has 0 unspecified atom stereocenters. The van der Waals surface area contributed by atoms with E-state index in [-0.39, 0.29) is 11.6 Å². The Labute approximate surface area is 100 Å². The maximum atomic E-state index is 10.5. The Morgan fingerprint density at radius 2 is 1.88 bits per heavy atom. The van der Waals surface area contributed by atoms with Crippen LogP contribution in [0.2, 0.25) is 0 Å². The van der Waals surface area contributed by atoms with Gasteiger partial charge in [-0.25, -0.2) is 0 Å². The maximum absolute atomic E-state index is 10.5. The van der Waals surface area contributed by atoms with E-state index >= 15 is 0 Å². The number of anilines is 1. The van der Waals surface area contributed by atoms with Crippen LogP contribution in [0, 0.1) is 16.0 Å². The Hall–Kier alpha value is -1.49. The molecule has 1 aromatic carbocycles. The number of hydrogen-bond acceptors (Lipinski definition) is 3. The van der Waals surface area contributed by atoms with Gasteiger partial charge in [-0.1, -0.05) is 26.1 Å². The highest BCUT2D eigenvalue weighted by molar-refractivity contribution is 7.80. The van der Waals surface area contributed by atoms with Gasteiger partial charge in [0.15, 0.2) is 0 Å². The summed E-state index contributed by atoms with van der Waals surface area (Å²) >= 11 is 5.26. The van der Waals surface area contributed by atoms with Gasteiger partial charge in [0, 0.05) is 30.8 Å². The minimum Gasteiger partial charge on any atom is -0.339 e. The summed E-state index contributed by atoms with van der Waals surface area (Å²) in [5, 5.41) is 10.5. The summed E-state index contributed by atoms with van der Waals surface area (Å²) in [4.78, 5) is 12.8. The predicted molar refractivity (Wildman–Crippen MR) is 68.9 cm³/mol. The summed E-state index contributed by atoms with van der Waals surface area (Å²) in [7, 11) is 1.86. The second-order valence-corrected chi connectivity index (χ2v) is 4.24. The average molecular weight is 238 g/mol. The third kappa shape index (κ3) is 2.76. The smallest absolute Gasteiger partial charge is 0.269 e. The number of thiocarbonyl (C=S) groups is 1. The molecule has 1 aromatic rings. The summed E-state index contributed by atoms with van der Waals surface area (Å²) in [5.41, 5.74) is 0.955. The van der Waals surface area contributed by atoms with Gasteiger partial charge in [-0.05, 0) is 12.1 Å². The van der Waals surface area contributed by atoms with Crippen molar-refractivity contribution in [2.75, 3.05) is 11.9 Å². The first kappa shape index (κ1) is 12.6. The van der Waals surface area contributed by atoms with Crippen LogP contribution in [-0.4, -0.2) is 17.0 Å². The molecule has 0 saturated carbocycles. The van der Waals surface area contributed by atoms with Crippen LogP contribution in [0.5, 0.6) is 0 Å². The van der Waals surface area contributed by atoms with Gasteiger partial charge in [0.25, 0.3) is 5.69 Å². The van der Waals surface area contributed by atoms with E-state index in [1.807, 2.05) is 25.8 Å². The summed E-state index contributed by atoms with van der Waals surface area (Å²) in [6, 6.07) is 6.36. The molecule has 0 aliphatic heterocycles. The van der Waals surface area contributed by atoms with Gasteiger partial charge < -0.3 is 4.90 Å². The van der Waals surface area contributed by atoms with Gasteiger partial charge >= 0.3 is 0 Å². The lowest BCUT2D eigenvalue weighted by Gasteiger charge is -2.22. The summed E-state index contributed by atoms with van der Waals surface area (Å²) in [6.07, 6.45) is 0. The molecule has 1 rings (SSSR count). The molecule has 0 N–H and O–H groups in total. The first-order valence-corrected chi connectivity index (χ1v) is 5.36. The molecule has 0 aromatic heterocycles. The molecule has 0 amide bonds. The van der Waals surface area contributed by atoms with Crippen molar-refractivity contribution in [1.82, 2.24) is 0 Å². The van der Waals surface area contributed by atoms with E-state index in [1.165, 1.54) is 12.1 Å². The van der Waals surface area contributed by atoms with Gasteiger partial charge in [-0.3, -0.25) is 10.1 Å². The molecule has 0 bridgehead atoms. The lowest BCUT2D eigenvalue weighted by Crippen LogP contribution is -2.28. The van der Waals surface area contributed by atoms with Crippen LogP contribution in [0.1, 0.15) is 13.8 Å². The Morgan fingerprint density at radius 3 is 2.25 bits per heavy atom. The summed E-state index contributed by atoms with van der Waals surface area (Å²) < 4.78 is 0. The van der Waals surface area contributed by atoms with Crippen LogP contribution >= 0.6 is 12.2 Å². The molecule has 0 radical (unpaired) electrons. The molecule has 0 saturated heterocycles. The van der Waals surface area contributed by atoms with Gasteiger partial charge in [-0.15, -0.1) is 0 Å². The van der Waals surface area contributed by atoms with Crippen molar-refractivity contribution >= 4 is 28.6 Å². The van der Waals surface area contributed by atoms with E-state index in [1.54, 1.807) is 12.1 Å². The highest BCUT2D eigenvalue weighted by atomic mass is 32.1. The molecule has 0 aliphatic carbocycles. The number of nitro benzene ring substituents is 1. The number of rotatable bonds is 3. The molecule has 0 heterocycles. The van der Waals surface area contributed by atoms with Crippen LogP contribution in [-0.2, 0) is 0 Å². The van der Waals surface area contributed by atoms with Crippen molar-refractivity contribution in [3.8, 4) is 0 Å². The van der Waals surface area contributed by atoms with Crippen molar-refractivity contribution in [1.29, 1.82) is 0 Å². The Morgan fingerprint density at radius 1 is 1.38 bits per heavy atom. The molecule has 4 nitrogen and oxygen atoms in total. The largest absolute Gasteiger partial charge is 0.339 e. The van der Waals surface area contributed by atoms with E-state index in [9.17, 15) is 10.1 Å². The molecule has 0 spiro atoms. The van der Waals surface area contributed by atoms with Crippen molar-refractivity contribution in [3.05, 3.63) is 34.4 Å². The third-order valence-electron chi connectivity index (χ3n) is 2.27. The lowest BCUT2D eigenvalue weighted by molar-refractivity contribution is -0.384. The molecule has 5 heteroatoms. The quantitative estimate of drug-likeness (QED) is 0.461. The summed E-state index contributed by atoms with van der Waals surface area (Å²) in [6.45, 7) is 4.04. The van der Waals surface area contributed by atoms with Crippen LogP contribution in [0.25, 0.3) is 0 Å². The maximum Gasteiger partial charge on any atom is 0.269 e. The van der Waals surface area contributed by atoms with Crippen molar-refractivity contribution in [3.63, 3.8) is 0 Å². The van der Waals surface area contributed by atoms with Gasteiger partial charge in [0.2, 0.25) is 0 Å². The molecular formula is C11H14N2O2S. The van der Waals surface area contributed by atoms with Gasteiger partial charge in [0.1, 0.15) is 0 Å². The Kier molecular flexibility index (Phi) is 3.95. The second-order valence-electron chi connectivity index (χ2n) is 3.83. The first-order chi connectivity index (χ1) is 7.43. The highest BCUT2D eigenvalue weighted by Gasteiger charge is 2.11. The molecule has 86 valence electrons. The normalized spacial score (nSPS) is 10.2. The van der Waals surface area contributed by atoms with Crippen LogP contribution < -0.4 is 4.90 Å². The topological polar surface area (TPSA) is 46.4 Å². The average Bonchev–Trinajstić information content (AvgIpc) is 2.27. The zero-order valence-corrected chi connectivity index (χ0v) is 10.3. The van der Waals surface area contributed by atoms with E-state index in [0.29, 0.717) is 0 Å². The monoisotopic (exact) mass is 238 g/mol. The van der Waals surface area contributed by atoms with E-state index in [4.69, 9.17) is 12.2 Å². The fourth-order valence-corrected chi connectivity index (χ4v) is 1.42. The minimum absolute atomic E-state index is 0.0904. The SMILES string of the molecule is CC(C)C(=S)N(C)c1ccc([N+](=O)[O-])cc1. The van der Waals surface area contributed by atoms with Crippen molar-refractivity contribution in [2.24, 2.45) is 5.92 Å². The van der Waals surface area contributed by atoms with Crippen LogP contribution in [0.4, 0.5) is 11.4 Å². The number of benzene rings is 1. The lowest BCUT2D eigenvalue weighted by atomic mass is 10.2. The molecule has 0 atom stereocenters. The van der Waals surface area contributed by atoms with Gasteiger partial charge in [-0.2, -0.15) is 0 Å². The number of non-ortho nitro benzene ring substituents is 1. The zero-order chi connectivity index (χ0) is 12.3. The fraction of sp³-hybridized carbons (Fsp3) is 0.364. The van der Waals surface area contributed by atoms with Crippen molar-refractivity contribution < 1.29 is 4.92 Å². The standard InChI is InChI=1S/C11H14N2O2S/c1-8(2)11(16)12(3)9-4-6-10(7-5-9)13(14)15/h4-8H,1-3H3. The molecule has 0 fully saturated rings. The van der Waals surface area contributed by atoms with E-state index < -0.39 is 4.92 Å². The van der Waals surface area contributed by atoms with Gasteiger partial charge in [0.05, 0.1) is 9.91 Å². The Bertz CT molecular complexity index is 401. The van der Waals surface area contributed by atoms with Crippen molar-refractivity contribution in [2.45, 2.75) is 13.8 Å². The summed E-state index contributed by atoms with van der Waals surface area (Å²) in [5.74, 6) is 0.273. The fourth-order valence-electron chi connectivity index (χ4n) is 1.31. The second kappa shape index (κ2) is 5.03. The third-order valence-corrected chi connectivity index (χ3v) is 3.02.